The van der Waals surface area contributed by atoms with Crippen molar-refractivity contribution in [3.63, 3.8) is 0 Å². The van der Waals surface area contributed by atoms with Crippen LogP contribution in [-0.4, -0.2) is 10.1 Å². The molecule has 1 N–H and O–H groups in total. The van der Waals surface area contributed by atoms with Crippen LogP contribution in [0.15, 0.2) is 24.4 Å². The van der Waals surface area contributed by atoms with Gasteiger partial charge in [0.2, 0.25) is 0 Å². The van der Waals surface area contributed by atoms with E-state index in [1.54, 1.807) is 6.20 Å². The van der Waals surface area contributed by atoms with Gasteiger partial charge in [-0.15, -0.1) is 0 Å². The zero-order valence-electron chi connectivity index (χ0n) is 9.49. The highest BCUT2D eigenvalue weighted by atomic mass is 35.5. The largest absolute Gasteiger partial charge is 0.505 e. The average Bonchev–Trinajstić information content (AvgIpc) is 2.87. The second-order valence-corrected chi connectivity index (χ2v) is 5.08. The van der Waals surface area contributed by atoms with Gasteiger partial charge in [0.25, 0.3) is 0 Å². The molecular formula is C14H14ClNO. The normalized spacial score (nSPS) is 16.8. The van der Waals surface area contributed by atoms with Crippen LogP contribution in [0.3, 0.4) is 0 Å². The number of pyridine rings is 1. The molecule has 2 aromatic rings. The monoisotopic (exact) mass is 247 g/mol. The van der Waals surface area contributed by atoms with Crippen LogP contribution in [0, 0.1) is 0 Å². The lowest BCUT2D eigenvalue weighted by Gasteiger charge is -2.14. The van der Waals surface area contributed by atoms with Gasteiger partial charge in [0.1, 0.15) is 11.3 Å². The Morgan fingerprint density at radius 1 is 1.29 bits per heavy atom. The number of aromatic hydroxyl groups is 1. The van der Waals surface area contributed by atoms with E-state index in [4.69, 9.17) is 11.6 Å². The third kappa shape index (κ3) is 1.77. The van der Waals surface area contributed by atoms with E-state index in [2.05, 4.69) is 4.98 Å². The van der Waals surface area contributed by atoms with E-state index in [1.807, 2.05) is 18.2 Å². The Bertz CT molecular complexity index is 561. The van der Waals surface area contributed by atoms with E-state index >= 15 is 0 Å². The highest BCUT2D eigenvalue weighted by molar-refractivity contribution is 6.35. The maximum absolute atomic E-state index is 10.3. The minimum atomic E-state index is 0.317. The van der Waals surface area contributed by atoms with Gasteiger partial charge >= 0.3 is 0 Å². The molecule has 0 radical (unpaired) electrons. The van der Waals surface area contributed by atoms with Crippen LogP contribution in [0.4, 0.5) is 0 Å². The van der Waals surface area contributed by atoms with E-state index < -0.39 is 0 Å². The molecule has 0 saturated heterocycles. The van der Waals surface area contributed by atoms with Crippen molar-refractivity contribution in [3.05, 3.63) is 35.0 Å². The maximum atomic E-state index is 10.3. The smallest absolute Gasteiger partial charge is 0.145 e. The van der Waals surface area contributed by atoms with Crippen LogP contribution in [0.25, 0.3) is 10.9 Å². The van der Waals surface area contributed by atoms with Crippen molar-refractivity contribution in [2.24, 2.45) is 0 Å². The van der Waals surface area contributed by atoms with Gasteiger partial charge in [-0.2, -0.15) is 0 Å². The van der Waals surface area contributed by atoms with Crippen molar-refractivity contribution >= 4 is 22.5 Å². The highest BCUT2D eigenvalue weighted by Gasteiger charge is 2.22. The number of nitrogens with zero attached hydrogens (tertiary/aromatic N) is 1. The number of phenolic OH excluding ortho intramolecular Hbond substituents is 1. The molecule has 1 heterocycles. The summed E-state index contributed by atoms with van der Waals surface area (Å²) in [5.41, 5.74) is 1.60. The van der Waals surface area contributed by atoms with Crippen molar-refractivity contribution in [2.75, 3.05) is 0 Å². The fourth-order valence-electron chi connectivity index (χ4n) is 2.75. The second kappa shape index (κ2) is 4.19. The second-order valence-electron chi connectivity index (χ2n) is 4.68. The lowest BCUT2D eigenvalue weighted by molar-refractivity contribution is 0.466. The third-order valence-corrected chi connectivity index (χ3v) is 3.95. The molecule has 1 fully saturated rings. The highest BCUT2D eigenvalue weighted by Crippen LogP contribution is 2.42. The Hall–Kier alpha value is -1.28. The topological polar surface area (TPSA) is 33.1 Å². The van der Waals surface area contributed by atoms with Crippen molar-refractivity contribution in [3.8, 4) is 5.75 Å². The molecule has 0 amide bonds. The molecule has 3 heteroatoms. The molecule has 0 spiro atoms. The van der Waals surface area contributed by atoms with Gasteiger partial charge < -0.3 is 5.11 Å². The zero-order valence-corrected chi connectivity index (χ0v) is 10.2. The Morgan fingerprint density at radius 2 is 2.06 bits per heavy atom. The summed E-state index contributed by atoms with van der Waals surface area (Å²) in [5, 5.41) is 11.8. The minimum absolute atomic E-state index is 0.317. The Kier molecular flexibility index (Phi) is 2.67. The molecule has 2 nitrogen and oxygen atoms in total. The van der Waals surface area contributed by atoms with Crippen molar-refractivity contribution < 1.29 is 5.11 Å². The Labute approximate surface area is 105 Å². The van der Waals surface area contributed by atoms with Crippen LogP contribution in [-0.2, 0) is 0 Å². The number of hydrogen-bond acceptors (Lipinski definition) is 2. The average molecular weight is 248 g/mol. The lowest BCUT2D eigenvalue weighted by atomic mass is 9.95. The van der Waals surface area contributed by atoms with Crippen molar-refractivity contribution in [2.45, 2.75) is 31.6 Å². The quantitative estimate of drug-likeness (QED) is 0.817. The number of fused-ring (bicyclic) bond motifs is 1. The molecule has 1 aliphatic rings. The first-order valence-corrected chi connectivity index (χ1v) is 6.41. The first-order chi connectivity index (χ1) is 8.27. The molecule has 88 valence electrons. The fraction of sp³-hybridized carbons (Fsp3) is 0.357. The molecule has 17 heavy (non-hydrogen) atoms. The summed E-state index contributed by atoms with van der Waals surface area (Å²) < 4.78 is 0. The molecule has 1 aliphatic carbocycles. The van der Waals surface area contributed by atoms with Gasteiger partial charge in [0, 0.05) is 17.1 Å². The van der Waals surface area contributed by atoms with Crippen LogP contribution < -0.4 is 0 Å². The summed E-state index contributed by atoms with van der Waals surface area (Å²) in [6, 6.07) is 5.64. The SMILES string of the molecule is Oc1c(C2CCCC2)cc(Cl)c2cccnc12. The maximum Gasteiger partial charge on any atom is 0.145 e. The summed E-state index contributed by atoms with van der Waals surface area (Å²) >= 11 is 6.26. The van der Waals surface area contributed by atoms with Gasteiger partial charge in [-0.25, -0.2) is 0 Å². The van der Waals surface area contributed by atoms with Crippen molar-refractivity contribution in [1.29, 1.82) is 0 Å². The molecule has 1 aromatic heterocycles. The van der Waals surface area contributed by atoms with Gasteiger partial charge in [0.15, 0.2) is 0 Å². The summed E-state index contributed by atoms with van der Waals surface area (Å²) in [7, 11) is 0. The lowest BCUT2D eigenvalue weighted by Crippen LogP contribution is -1.95. The molecular weight excluding hydrogens is 234 g/mol. The molecule has 1 saturated carbocycles. The number of halogens is 1. The van der Waals surface area contributed by atoms with Gasteiger partial charge in [-0.3, -0.25) is 4.98 Å². The zero-order chi connectivity index (χ0) is 11.8. The van der Waals surface area contributed by atoms with Crippen LogP contribution in [0.5, 0.6) is 5.75 Å². The van der Waals surface area contributed by atoms with E-state index in [1.165, 1.54) is 12.8 Å². The van der Waals surface area contributed by atoms with E-state index in [0.29, 0.717) is 22.2 Å². The van der Waals surface area contributed by atoms with Crippen LogP contribution >= 0.6 is 11.6 Å². The summed E-state index contributed by atoms with van der Waals surface area (Å²) in [5.74, 6) is 0.760. The van der Waals surface area contributed by atoms with Gasteiger partial charge in [0.05, 0.1) is 5.02 Å². The molecule has 1 aromatic carbocycles. The third-order valence-electron chi connectivity index (χ3n) is 3.64. The molecule has 3 rings (SSSR count). The first kappa shape index (κ1) is 10.8. The predicted molar refractivity (Wildman–Crippen MR) is 69.6 cm³/mol. The predicted octanol–water partition coefficient (Wildman–Crippen LogP) is 4.25. The number of aromatic nitrogens is 1. The molecule has 0 bridgehead atoms. The van der Waals surface area contributed by atoms with Gasteiger partial charge in [-0.05, 0) is 37.0 Å². The Morgan fingerprint density at radius 3 is 2.82 bits per heavy atom. The first-order valence-electron chi connectivity index (χ1n) is 6.03. The molecule has 0 aliphatic heterocycles. The van der Waals surface area contributed by atoms with Crippen LogP contribution in [0.1, 0.15) is 37.2 Å². The standard InChI is InChI=1S/C14H14ClNO/c15-12-8-11(9-4-1-2-5-9)14(17)13-10(12)6-3-7-16-13/h3,6-9,17H,1-2,4-5H2. The fourth-order valence-corrected chi connectivity index (χ4v) is 3.02. The summed E-state index contributed by atoms with van der Waals surface area (Å²) in [6.45, 7) is 0. The molecule has 0 unspecified atom stereocenters. The summed E-state index contributed by atoms with van der Waals surface area (Å²) in [4.78, 5) is 4.24. The minimum Gasteiger partial charge on any atom is -0.505 e. The van der Waals surface area contributed by atoms with Crippen LogP contribution in [0.2, 0.25) is 5.02 Å². The number of rotatable bonds is 1. The number of phenols is 1. The van der Waals surface area contributed by atoms with E-state index in [9.17, 15) is 5.11 Å². The number of benzene rings is 1. The van der Waals surface area contributed by atoms with E-state index in [-0.39, 0.29) is 0 Å². The summed E-state index contributed by atoms with van der Waals surface area (Å²) in [6.07, 6.45) is 6.45. The Balaban J connectivity index is 2.22. The van der Waals surface area contributed by atoms with E-state index in [0.717, 1.165) is 23.8 Å². The van der Waals surface area contributed by atoms with Crippen molar-refractivity contribution in [1.82, 2.24) is 4.98 Å². The van der Waals surface area contributed by atoms with Gasteiger partial charge in [-0.1, -0.05) is 24.4 Å². The number of hydrogen-bond donors (Lipinski definition) is 1. The molecule has 0 atom stereocenters.